The van der Waals surface area contributed by atoms with Crippen molar-refractivity contribution in [2.45, 2.75) is 0 Å². The standard InChI is InChI=1S/H2O3S2.Pd/c1-5(2,3)4;/h(H2,1,2,3,4);/q;+2/p-2. The average Bonchev–Trinajstić information content (AvgIpc) is 0.722. The minimum atomic E-state index is -4.33. The van der Waals surface area contributed by atoms with Crippen molar-refractivity contribution in [2.75, 3.05) is 0 Å². The van der Waals surface area contributed by atoms with Gasteiger partial charge in [0.15, 0.2) is 0 Å². The molecule has 0 aliphatic carbocycles. The number of rotatable bonds is 0. The molecule has 0 atom stereocenters. The maximum atomic E-state index is 8.89. The second kappa shape index (κ2) is 2.99. The Kier molecular flexibility index (Phi) is 5.00. The smallest absolute Gasteiger partial charge is 0.768 e. The summed E-state index contributed by atoms with van der Waals surface area (Å²) in [6.07, 6.45) is 0. The van der Waals surface area contributed by atoms with Crippen LogP contribution >= 0.6 is 0 Å². The molecular weight excluding hydrogens is 219 g/mol. The van der Waals surface area contributed by atoms with Crippen LogP contribution in [0.2, 0.25) is 0 Å². The molecule has 0 unspecified atom stereocenters. The van der Waals surface area contributed by atoms with Crippen LogP contribution in [0, 0.1) is 0 Å². The Morgan fingerprint density at radius 3 is 1.50 bits per heavy atom. The molecule has 0 bridgehead atoms. The molecule has 6 heteroatoms. The van der Waals surface area contributed by atoms with E-state index in [4.69, 9.17) is 13.0 Å². The molecule has 40 valence electrons. The summed E-state index contributed by atoms with van der Waals surface area (Å²) in [6, 6.07) is 0. The van der Waals surface area contributed by atoms with Gasteiger partial charge in [-0.1, -0.05) is 0 Å². The largest absolute Gasteiger partial charge is 2.00 e. The van der Waals surface area contributed by atoms with Crippen molar-refractivity contribution in [3.8, 4) is 0 Å². The van der Waals surface area contributed by atoms with Gasteiger partial charge < -0.3 is 16.2 Å². The van der Waals surface area contributed by atoms with Gasteiger partial charge in [-0.15, -0.1) is 0 Å². The molecule has 0 rings (SSSR count). The van der Waals surface area contributed by atoms with Crippen molar-refractivity contribution in [3.63, 3.8) is 0 Å². The molecule has 0 aliphatic heterocycles. The maximum Gasteiger partial charge on any atom is 2.00 e. The first-order chi connectivity index (χ1) is 2.00. The fraction of sp³-hybridized carbons (Fsp3) is 0. The Labute approximate surface area is 54.3 Å². The fourth-order valence-electron chi connectivity index (χ4n) is 0. The molecule has 0 spiro atoms. The van der Waals surface area contributed by atoms with Crippen LogP contribution in [0.1, 0.15) is 0 Å². The third-order valence-corrected chi connectivity index (χ3v) is 0. The van der Waals surface area contributed by atoms with Gasteiger partial charge in [-0.05, 0) is 9.15 Å². The van der Waals surface area contributed by atoms with E-state index in [1.165, 1.54) is 0 Å². The van der Waals surface area contributed by atoms with Crippen molar-refractivity contribution in [1.29, 1.82) is 0 Å². The second-order valence-corrected chi connectivity index (χ2v) is 2.45. The Morgan fingerprint density at radius 1 is 1.50 bits per heavy atom. The monoisotopic (exact) mass is 218 g/mol. The predicted octanol–water partition coefficient (Wildman–Crippen LogP) is -1.01. The average molecular weight is 219 g/mol. The molecule has 0 aromatic rings. The van der Waals surface area contributed by atoms with Crippen LogP contribution in [-0.2, 0) is 41.2 Å². The zero-order valence-electron chi connectivity index (χ0n) is 2.36. The topological polar surface area (TPSA) is 57.2 Å². The molecule has 3 nitrogen and oxygen atoms in total. The zero-order valence-corrected chi connectivity index (χ0v) is 5.55. The molecule has 6 heavy (non-hydrogen) atoms. The molecule has 0 saturated heterocycles. The molecule has 0 aromatic heterocycles. The summed E-state index contributed by atoms with van der Waals surface area (Å²) in [7, 11) is -4.33. The quantitative estimate of drug-likeness (QED) is 0.226. The van der Waals surface area contributed by atoms with Crippen LogP contribution < -0.4 is 0 Å². The molecule has 0 aromatic carbocycles. The first-order valence-corrected chi connectivity index (χ1v) is 3.00. The van der Waals surface area contributed by atoms with Gasteiger partial charge in [-0.25, -0.2) is 0 Å². The van der Waals surface area contributed by atoms with Crippen LogP contribution in [0.5, 0.6) is 0 Å². The summed E-state index contributed by atoms with van der Waals surface area (Å²) in [5.41, 5.74) is 0. The first kappa shape index (κ1) is 10.0. The molecule has 0 radical (unpaired) electrons. The summed E-state index contributed by atoms with van der Waals surface area (Å²) in [4.78, 5) is 0. The summed E-state index contributed by atoms with van der Waals surface area (Å²) in [6.45, 7) is 0. The SMILES string of the molecule is O=S(=O)([O-])[S-].[Pd+2]. The summed E-state index contributed by atoms with van der Waals surface area (Å²) in [5, 5.41) is 0. The van der Waals surface area contributed by atoms with Crippen molar-refractivity contribution < 1.29 is 33.4 Å². The van der Waals surface area contributed by atoms with Gasteiger partial charge in [0.25, 0.3) is 0 Å². The van der Waals surface area contributed by atoms with Crippen LogP contribution in [0.3, 0.4) is 0 Å². The normalized spacial score (nSPS) is 9.67. The van der Waals surface area contributed by atoms with Gasteiger partial charge in [0.1, 0.15) is 0 Å². The Hall–Kier alpha value is 0.922. The van der Waals surface area contributed by atoms with Crippen molar-refractivity contribution in [2.24, 2.45) is 0 Å². The number of hydrogen-bond donors (Lipinski definition) is 0. The molecule has 0 fully saturated rings. The minimum absolute atomic E-state index is 0. The van der Waals surface area contributed by atoms with Gasteiger partial charge in [-0.3, -0.25) is 8.42 Å². The van der Waals surface area contributed by atoms with E-state index in [1.807, 2.05) is 0 Å². The fourth-order valence-corrected chi connectivity index (χ4v) is 0. The summed E-state index contributed by atoms with van der Waals surface area (Å²) in [5.74, 6) is 0. The maximum absolute atomic E-state index is 8.89. The van der Waals surface area contributed by atoms with E-state index in [2.05, 4.69) is 11.7 Å². The predicted molar refractivity (Wildman–Crippen MR) is 17.1 cm³/mol. The van der Waals surface area contributed by atoms with E-state index in [1.54, 1.807) is 0 Å². The van der Waals surface area contributed by atoms with E-state index < -0.39 is 9.15 Å². The second-order valence-electron chi connectivity index (χ2n) is 0.408. The van der Waals surface area contributed by atoms with E-state index in [0.717, 1.165) is 0 Å². The van der Waals surface area contributed by atoms with E-state index >= 15 is 0 Å². The molecule has 0 amide bonds. The van der Waals surface area contributed by atoms with Crippen LogP contribution in [0.15, 0.2) is 0 Å². The molecule has 0 heterocycles. The molecule has 0 N–H and O–H groups in total. The third-order valence-electron chi connectivity index (χ3n) is 0. The zero-order chi connectivity index (χ0) is 4.50. The van der Waals surface area contributed by atoms with Crippen LogP contribution in [0.25, 0.3) is 0 Å². The summed E-state index contributed by atoms with van der Waals surface area (Å²) < 4.78 is 26.7. The Morgan fingerprint density at radius 2 is 1.50 bits per heavy atom. The van der Waals surface area contributed by atoms with Gasteiger partial charge in [-0.2, -0.15) is 0 Å². The van der Waals surface area contributed by atoms with Gasteiger partial charge >= 0.3 is 20.4 Å². The minimum Gasteiger partial charge on any atom is -0.768 e. The van der Waals surface area contributed by atoms with Gasteiger partial charge in [0.2, 0.25) is 0 Å². The van der Waals surface area contributed by atoms with Gasteiger partial charge in [0.05, 0.1) is 0 Å². The van der Waals surface area contributed by atoms with E-state index in [-0.39, 0.29) is 20.4 Å². The van der Waals surface area contributed by atoms with Crippen LogP contribution in [0.4, 0.5) is 0 Å². The van der Waals surface area contributed by atoms with Crippen molar-refractivity contribution >= 4 is 20.8 Å². The molecule has 0 aliphatic rings. The van der Waals surface area contributed by atoms with Gasteiger partial charge in [0, 0.05) is 0 Å². The van der Waals surface area contributed by atoms with Crippen LogP contribution in [-0.4, -0.2) is 13.0 Å². The van der Waals surface area contributed by atoms with Crippen molar-refractivity contribution in [1.82, 2.24) is 0 Å². The van der Waals surface area contributed by atoms with E-state index in [9.17, 15) is 0 Å². The summed E-state index contributed by atoms with van der Waals surface area (Å²) >= 11 is 3.24. The Balaban J connectivity index is 0. The first-order valence-electron chi connectivity index (χ1n) is 0.667. The number of hydrogen-bond acceptors (Lipinski definition) is 4. The van der Waals surface area contributed by atoms with Crippen molar-refractivity contribution in [3.05, 3.63) is 0 Å². The van der Waals surface area contributed by atoms with E-state index in [0.29, 0.717) is 0 Å². The Bertz CT molecular complexity index is 92.0. The molecular formula is O3PdS2. The third kappa shape index (κ3) is 89.0. The molecule has 0 saturated carbocycles.